The Morgan fingerprint density at radius 3 is 2.73 bits per heavy atom. The van der Waals surface area contributed by atoms with Gasteiger partial charge in [-0.2, -0.15) is 0 Å². The van der Waals surface area contributed by atoms with Gasteiger partial charge in [0.25, 0.3) is 0 Å². The molecule has 0 aromatic heterocycles. The summed E-state index contributed by atoms with van der Waals surface area (Å²) in [4.78, 5) is 0. The largest absolute Gasteiger partial charge is 0.243 e. The van der Waals surface area contributed by atoms with Crippen LogP contribution in [0, 0.1) is 5.92 Å². The van der Waals surface area contributed by atoms with Crippen molar-refractivity contribution in [3.8, 4) is 0 Å². The number of rotatable bonds is 1. The van der Waals surface area contributed by atoms with Crippen molar-refractivity contribution >= 4 is 11.6 Å². The maximum atomic E-state index is 12.8. The molecule has 0 nitrogen and oxygen atoms in total. The highest BCUT2D eigenvalue weighted by molar-refractivity contribution is 6.32. The third-order valence-corrected chi connectivity index (χ3v) is 2.15. The maximum Gasteiger partial charge on any atom is 0.122 e. The number of hydrogen-bond acceptors (Lipinski definition) is 0. The summed E-state index contributed by atoms with van der Waals surface area (Å²) in [6, 6.07) is 0. The second-order valence-corrected chi connectivity index (χ2v) is 3.49. The Labute approximate surface area is 71.7 Å². The highest BCUT2D eigenvalue weighted by Crippen LogP contribution is 2.28. The summed E-state index contributed by atoms with van der Waals surface area (Å²) in [7, 11) is 0. The van der Waals surface area contributed by atoms with Crippen molar-refractivity contribution in [3.63, 3.8) is 0 Å². The summed E-state index contributed by atoms with van der Waals surface area (Å²) in [5, 5.41) is 0.717. The molecule has 1 unspecified atom stereocenters. The van der Waals surface area contributed by atoms with E-state index < -0.39 is 6.17 Å². The summed E-state index contributed by atoms with van der Waals surface area (Å²) >= 11 is 5.87. The van der Waals surface area contributed by atoms with Gasteiger partial charge in [0.15, 0.2) is 0 Å². The van der Waals surface area contributed by atoms with Crippen molar-refractivity contribution in [1.82, 2.24) is 0 Å². The van der Waals surface area contributed by atoms with Gasteiger partial charge >= 0.3 is 0 Å². The minimum Gasteiger partial charge on any atom is -0.243 e. The van der Waals surface area contributed by atoms with E-state index in [0.29, 0.717) is 17.4 Å². The summed E-state index contributed by atoms with van der Waals surface area (Å²) in [6.45, 7) is 4.03. The number of hydrogen-bond donors (Lipinski definition) is 0. The molecule has 0 N–H and O–H groups in total. The lowest BCUT2D eigenvalue weighted by atomic mass is 9.96. The highest BCUT2D eigenvalue weighted by atomic mass is 35.5. The molecule has 62 valence electrons. The SMILES string of the molecule is CC(C)C1=CC(F)CC=C1Cl. The highest BCUT2D eigenvalue weighted by Gasteiger charge is 2.15. The van der Waals surface area contributed by atoms with Crippen LogP contribution in [-0.4, -0.2) is 6.17 Å². The molecule has 0 aromatic rings. The molecule has 0 saturated heterocycles. The second-order valence-electron chi connectivity index (χ2n) is 3.08. The lowest BCUT2D eigenvalue weighted by Crippen LogP contribution is -2.06. The Hall–Kier alpha value is -0.300. The maximum absolute atomic E-state index is 12.8. The molecule has 0 aliphatic heterocycles. The van der Waals surface area contributed by atoms with Crippen molar-refractivity contribution < 1.29 is 4.39 Å². The van der Waals surface area contributed by atoms with Crippen molar-refractivity contribution in [3.05, 3.63) is 22.8 Å². The van der Waals surface area contributed by atoms with Crippen LogP contribution in [-0.2, 0) is 0 Å². The van der Waals surface area contributed by atoms with Gasteiger partial charge in [-0.05, 0) is 17.6 Å². The average molecular weight is 175 g/mol. The van der Waals surface area contributed by atoms with Gasteiger partial charge in [0.2, 0.25) is 0 Å². The van der Waals surface area contributed by atoms with E-state index in [1.54, 1.807) is 12.2 Å². The number of halogens is 2. The first kappa shape index (κ1) is 8.79. The molecule has 0 heterocycles. The first-order valence-corrected chi connectivity index (χ1v) is 4.21. The smallest absolute Gasteiger partial charge is 0.122 e. The molecule has 0 radical (unpaired) electrons. The zero-order chi connectivity index (χ0) is 8.43. The predicted molar refractivity (Wildman–Crippen MR) is 46.4 cm³/mol. The van der Waals surface area contributed by atoms with Crippen molar-refractivity contribution in [2.45, 2.75) is 26.4 Å². The topological polar surface area (TPSA) is 0 Å². The van der Waals surface area contributed by atoms with Crippen LogP contribution < -0.4 is 0 Å². The fourth-order valence-corrected chi connectivity index (χ4v) is 1.51. The summed E-state index contributed by atoms with van der Waals surface area (Å²) in [5.74, 6) is 0.317. The number of alkyl halides is 1. The molecule has 11 heavy (non-hydrogen) atoms. The van der Waals surface area contributed by atoms with E-state index in [0.717, 1.165) is 5.57 Å². The first-order valence-electron chi connectivity index (χ1n) is 3.83. The number of allylic oxidation sites excluding steroid dienone is 4. The zero-order valence-electron chi connectivity index (χ0n) is 6.77. The molecule has 0 saturated carbocycles. The van der Waals surface area contributed by atoms with E-state index >= 15 is 0 Å². The monoisotopic (exact) mass is 174 g/mol. The van der Waals surface area contributed by atoms with E-state index in [1.807, 2.05) is 13.8 Å². The Balaban J connectivity index is 2.81. The zero-order valence-corrected chi connectivity index (χ0v) is 7.53. The van der Waals surface area contributed by atoms with Crippen LogP contribution in [0.15, 0.2) is 22.8 Å². The van der Waals surface area contributed by atoms with Gasteiger partial charge < -0.3 is 0 Å². The molecule has 0 amide bonds. The van der Waals surface area contributed by atoms with E-state index in [1.165, 1.54) is 0 Å². The minimum atomic E-state index is -0.838. The van der Waals surface area contributed by atoms with E-state index in [4.69, 9.17) is 11.6 Å². The molecule has 1 aliphatic rings. The molecular formula is C9H12ClF. The summed E-state index contributed by atoms with van der Waals surface area (Å²) in [5.41, 5.74) is 0.936. The van der Waals surface area contributed by atoms with Gasteiger partial charge in [-0.3, -0.25) is 0 Å². The molecule has 0 aromatic carbocycles. The third kappa shape index (κ3) is 2.06. The van der Waals surface area contributed by atoms with Crippen LogP contribution in [0.1, 0.15) is 20.3 Å². The van der Waals surface area contributed by atoms with Crippen molar-refractivity contribution in [1.29, 1.82) is 0 Å². The molecule has 0 spiro atoms. The Bertz CT molecular complexity index is 204. The Morgan fingerprint density at radius 2 is 2.27 bits per heavy atom. The second kappa shape index (κ2) is 3.40. The molecule has 1 rings (SSSR count). The van der Waals surface area contributed by atoms with Crippen LogP contribution in [0.2, 0.25) is 0 Å². The van der Waals surface area contributed by atoms with Gasteiger partial charge in [0, 0.05) is 11.5 Å². The van der Waals surface area contributed by atoms with Gasteiger partial charge in [-0.15, -0.1) is 0 Å². The lowest BCUT2D eigenvalue weighted by molar-refractivity contribution is 0.397. The van der Waals surface area contributed by atoms with E-state index in [-0.39, 0.29) is 0 Å². The fraction of sp³-hybridized carbons (Fsp3) is 0.556. The van der Waals surface area contributed by atoms with Gasteiger partial charge in [0.05, 0.1) is 0 Å². The molecular weight excluding hydrogens is 163 g/mol. The molecule has 2 heteroatoms. The first-order chi connectivity index (χ1) is 5.11. The van der Waals surface area contributed by atoms with Gasteiger partial charge in [-0.25, -0.2) is 4.39 Å². The summed E-state index contributed by atoms with van der Waals surface area (Å²) in [6.07, 6.45) is 2.96. The average Bonchev–Trinajstić information content (AvgIpc) is 1.94. The van der Waals surface area contributed by atoms with Crippen LogP contribution in [0.25, 0.3) is 0 Å². The van der Waals surface area contributed by atoms with Crippen LogP contribution in [0.5, 0.6) is 0 Å². The third-order valence-electron chi connectivity index (χ3n) is 1.78. The van der Waals surface area contributed by atoms with Gasteiger partial charge in [0.1, 0.15) is 6.17 Å². The fourth-order valence-electron chi connectivity index (χ4n) is 1.14. The molecule has 0 bridgehead atoms. The van der Waals surface area contributed by atoms with Crippen molar-refractivity contribution in [2.24, 2.45) is 5.92 Å². The van der Waals surface area contributed by atoms with E-state index in [9.17, 15) is 4.39 Å². The van der Waals surface area contributed by atoms with Gasteiger partial charge in [-0.1, -0.05) is 31.5 Å². The van der Waals surface area contributed by atoms with Crippen molar-refractivity contribution in [2.75, 3.05) is 0 Å². The van der Waals surface area contributed by atoms with Crippen LogP contribution in [0.4, 0.5) is 4.39 Å². The Kier molecular flexibility index (Phi) is 2.72. The summed E-state index contributed by atoms with van der Waals surface area (Å²) < 4.78 is 12.8. The predicted octanol–water partition coefficient (Wildman–Crippen LogP) is 3.43. The standard InChI is InChI=1S/C9H12ClF/c1-6(2)8-5-7(11)3-4-9(8)10/h4-7H,3H2,1-2H3. The normalized spacial score (nSPS) is 25.0. The molecule has 0 fully saturated rings. The van der Waals surface area contributed by atoms with Crippen LogP contribution >= 0.6 is 11.6 Å². The minimum absolute atomic E-state index is 0.317. The lowest BCUT2D eigenvalue weighted by Gasteiger charge is -2.16. The quantitative estimate of drug-likeness (QED) is 0.572. The molecule has 1 aliphatic carbocycles. The van der Waals surface area contributed by atoms with Crippen LogP contribution in [0.3, 0.4) is 0 Å². The Morgan fingerprint density at radius 1 is 1.64 bits per heavy atom. The molecule has 1 atom stereocenters. The van der Waals surface area contributed by atoms with E-state index in [2.05, 4.69) is 0 Å².